The van der Waals surface area contributed by atoms with Crippen molar-refractivity contribution in [3.63, 3.8) is 0 Å². The first-order chi connectivity index (χ1) is 13.9. The normalized spacial score (nSPS) is 18.3. The van der Waals surface area contributed by atoms with E-state index in [2.05, 4.69) is 5.32 Å². The topological polar surface area (TPSA) is 119 Å². The maximum absolute atomic E-state index is 12.2. The summed E-state index contributed by atoms with van der Waals surface area (Å²) in [5, 5.41) is 31.6. The van der Waals surface area contributed by atoms with Crippen LogP contribution in [-0.4, -0.2) is 57.5 Å². The van der Waals surface area contributed by atoms with Gasteiger partial charge in [0.1, 0.15) is 30.6 Å². The fourth-order valence-corrected chi connectivity index (χ4v) is 3.25. The van der Waals surface area contributed by atoms with Crippen molar-refractivity contribution in [1.29, 1.82) is 0 Å². The Morgan fingerprint density at radius 3 is 2.48 bits per heavy atom. The average molecular weight is 400 g/mol. The predicted octanol–water partition coefficient (Wildman–Crippen LogP) is 1.53. The second kappa shape index (κ2) is 9.40. The Hall–Kier alpha value is -3.10. The van der Waals surface area contributed by atoms with Crippen LogP contribution in [0.2, 0.25) is 0 Å². The molecule has 1 saturated heterocycles. The zero-order valence-electron chi connectivity index (χ0n) is 15.8. The Bertz CT molecular complexity index is 827. The van der Waals surface area contributed by atoms with Gasteiger partial charge >= 0.3 is 6.09 Å². The summed E-state index contributed by atoms with van der Waals surface area (Å²) in [7, 11) is 0. The summed E-state index contributed by atoms with van der Waals surface area (Å²) in [6.45, 7) is 0.665. The summed E-state index contributed by atoms with van der Waals surface area (Å²) in [4.78, 5) is 24.2. The third kappa shape index (κ3) is 5.46. The van der Waals surface area contributed by atoms with Gasteiger partial charge in [0.2, 0.25) is 5.91 Å². The van der Waals surface area contributed by atoms with Crippen molar-refractivity contribution >= 4 is 12.0 Å². The molecule has 3 unspecified atom stereocenters. The van der Waals surface area contributed by atoms with Crippen molar-refractivity contribution in [3.05, 3.63) is 65.7 Å². The highest BCUT2D eigenvalue weighted by Gasteiger charge is 2.34. The van der Waals surface area contributed by atoms with Crippen molar-refractivity contribution in [2.45, 2.75) is 31.3 Å². The van der Waals surface area contributed by atoms with E-state index in [4.69, 9.17) is 9.84 Å². The average Bonchev–Trinajstić information content (AvgIpc) is 3.06. The first-order valence-corrected chi connectivity index (χ1v) is 9.35. The van der Waals surface area contributed by atoms with Gasteiger partial charge in [-0.05, 0) is 29.7 Å². The van der Waals surface area contributed by atoms with Crippen LogP contribution in [0.1, 0.15) is 23.7 Å². The molecule has 154 valence electrons. The van der Waals surface area contributed by atoms with Crippen LogP contribution in [-0.2, 0) is 11.4 Å². The number of aliphatic hydroxyl groups is 2. The van der Waals surface area contributed by atoms with Crippen molar-refractivity contribution in [2.75, 3.05) is 13.1 Å². The van der Waals surface area contributed by atoms with Gasteiger partial charge in [-0.15, -0.1) is 0 Å². The summed E-state index contributed by atoms with van der Waals surface area (Å²) in [6, 6.07) is 15.7. The Morgan fingerprint density at radius 2 is 1.83 bits per heavy atom. The summed E-state index contributed by atoms with van der Waals surface area (Å²) >= 11 is 0. The molecule has 3 atom stereocenters. The van der Waals surface area contributed by atoms with Crippen molar-refractivity contribution in [2.24, 2.45) is 0 Å². The van der Waals surface area contributed by atoms with Crippen LogP contribution in [0.15, 0.2) is 54.6 Å². The molecule has 4 N–H and O–H groups in total. The van der Waals surface area contributed by atoms with Crippen LogP contribution in [0, 0.1) is 0 Å². The van der Waals surface area contributed by atoms with E-state index >= 15 is 0 Å². The molecule has 1 fully saturated rings. The molecule has 8 nitrogen and oxygen atoms in total. The first kappa shape index (κ1) is 20.6. The van der Waals surface area contributed by atoms with Gasteiger partial charge in [0.25, 0.3) is 0 Å². The Morgan fingerprint density at radius 1 is 1.14 bits per heavy atom. The number of carbonyl (C=O) groups excluding carboxylic acids is 1. The third-order valence-electron chi connectivity index (χ3n) is 4.84. The molecule has 8 heteroatoms. The molecule has 1 aliphatic rings. The van der Waals surface area contributed by atoms with Crippen molar-refractivity contribution in [3.8, 4) is 5.75 Å². The molecule has 0 aromatic heterocycles. The Kier molecular flexibility index (Phi) is 6.69. The molecular weight excluding hydrogens is 376 g/mol. The standard InChI is InChI=1S/C21H24N2O6/c24-18(12-23-11-10-17(20(23)26)22-21(27)28)19(25)15-6-8-16(9-7-15)29-13-14-4-2-1-3-5-14/h1-9,17-19,22,24-25H,10-13H2,(H,27,28). The molecule has 1 heterocycles. The number of hydrogen-bond donors (Lipinski definition) is 4. The van der Waals surface area contributed by atoms with Gasteiger partial charge < -0.3 is 30.3 Å². The Balaban J connectivity index is 1.52. The predicted molar refractivity (Wildman–Crippen MR) is 104 cm³/mol. The molecule has 29 heavy (non-hydrogen) atoms. The fourth-order valence-electron chi connectivity index (χ4n) is 3.25. The van der Waals surface area contributed by atoms with Crippen molar-refractivity contribution < 1.29 is 29.6 Å². The van der Waals surface area contributed by atoms with E-state index in [1.54, 1.807) is 24.3 Å². The number of carboxylic acid groups (broad SMARTS) is 1. The van der Waals surface area contributed by atoms with E-state index in [9.17, 15) is 19.8 Å². The van der Waals surface area contributed by atoms with Gasteiger partial charge in [-0.2, -0.15) is 0 Å². The second-order valence-electron chi connectivity index (χ2n) is 6.93. The second-order valence-corrected chi connectivity index (χ2v) is 6.93. The van der Waals surface area contributed by atoms with Gasteiger partial charge in [0.15, 0.2) is 0 Å². The number of benzene rings is 2. The lowest BCUT2D eigenvalue weighted by Gasteiger charge is -2.24. The van der Waals surface area contributed by atoms with Crippen LogP contribution >= 0.6 is 0 Å². The molecule has 0 radical (unpaired) electrons. The molecule has 2 aromatic carbocycles. The fraction of sp³-hybridized carbons (Fsp3) is 0.333. The van der Waals surface area contributed by atoms with Crippen LogP contribution in [0.3, 0.4) is 0 Å². The number of ether oxygens (including phenoxy) is 1. The molecule has 3 rings (SSSR count). The Labute approximate surface area is 168 Å². The van der Waals surface area contributed by atoms with E-state index < -0.39 is 30.3 Å². The van der Waals surface area contributed by atoms with Gasteiger partial charge in [0, 0.05) is 13.1 Å². The monoisotopic (exact) mass is 400 g/mol. The zero-order valence-corrected chi connectivity index (χ0v) is 15.8. The molecule has 0 spiro atoms. The number of β-amino-alcohol motifs (C(OH)–C–C–N with tert-alkyl or cyclic N) is 1. The minimum Gasteiger partial charge on any atom is -0.489 e. The number of likely N-dealkylation sites (tertiary alicyclic amines) is 1. The maximum Gasteiger partial charge on any atom is 0.405 e. The summed E-state index contributed by atoms with van der Waals surface area (Å²) in [6.07, 6.45) is -3.31. The number of hydrogen-bond acceptors (Lipinski definition) is 5. The molecule has 0 saturated carbocycles. The summed E-state index contributed by atoms with van der Waals surface area (Å²) in [5.41, 5.74) is 1.54. The highest BCUT2D eigenvalue weighted by atomic mass is 16.5. The zero-order chi connectivity index (χ0) is 20.8. The lowest BCUT2D eigenvalue weighted by Crippen LogP contribution is -2.43. The molecule has 0 aliphatic carbocycles. The number of nitrogens with one attached hydrogen (secondary N) is 1. The molecule has 0 bridgehead atoms. The molecule has 2 aromatic rings. The summed E-state index contributed by atoms with van der Waals surface area (Å²) in [5.74, 6) is 0.236. The SMILES string of the molecule is O=C(O)NC1CCN(CC(O)C(O)c2ccc(OCc3ccccc3)cc2)C1=O. The lowest BCUT2D eigenvalue weighted by atomic mass is 10.0. The third-order valence-corrected chi connectivity index (χ3v) is 4.84. The summed E-state index contributed by atoms with van der Waals surface area (Å²) < 4.78 is 5.70. The number of nitrogens with zero attached hydrogens (tertiary/aromatic N) is 1. The van der Waals surface area contributed by atoms with Gasteiger partial charge in [0.05, 0.1) is 0 Å². The molecular formula is C21H24N2O6. The quantitative estimate of drug-likeness (QED) is 0.534. The first-order valence-electron chi connectivity index (χ1n) is 9.35. The van der Waals surface area contributed by atoms with Crippen LogP contribution in [0.5, 0.6) is 5.75 Å². The molecule has 2 amide bonds. The number of aliphatic hydroxyl groups excluding tert-OH is 2. The minimum atomic E-state index is -1.26. The molecule has 1 aliphatic heterocycles. The van der Waals surface area contributed by atoms with E-state index in [1.807, 2.05) is 30.3 Å². The van der Waals surface area contributed by atoms with Crippen LogP contribution < -0.4 is 10.1 Å². The van der Waals surface area contributed by atoms with E-state index in [0.717, 1.165) is 5.56 Å². The van der Waals surface area contributed by atoms with E-state index in [0.29, 0.717) is 30.9 Å². The highest BCUT2D eigenvalue weighted by molar-refractivity contribution is 5.87. The van der Waals surface area contributed by atoms with E-state index in [1.165, 1.54) is 4.90 Å². The van der Waals surface area contributed by atoms with Crippen molar-refractivity contribution in [1.82, 2.24) is 10.2 Å². The minimum absolute atomic E-state index is 0.0793. The number of amides is 2. The van der Waals surface area contributed by atoms with Crippen LogP contribution in [0.4, 0.5) is 4.79 Å². The van der Waals surface area contributed by atoms with E-state index in [-0.39, 0.29) is 6.54 Å². The number of rotatable bonds is 8. The van der Waals surface area contributed by atoms with Gasteiger partial charge in [-0.3, -0.25) is 4.79 Å². The van der Waals surface area contributed by atoms with Crippen LogP contribution in [0.25, 0.3) is 0 Å². The largest absolute Gasteiger partial charge is 0.489 e. The smallest absolute Gasteiger partial charge is 0.405 e. The number of carbonyl (C=O) groups is 2. The lowest BCUT2D eigenvalue weighted by molar-refractivity contribution is -0.131. The van der Waals surface area contributed by atoms with Gasteiger partial charge in [-0.25, -0.2) is 4.79 Å². The maximum atomic E-state index is 12.2. The highest BCUT2D eigenvalue weighted by Crippen LogP contribution is 2.23. The van der Waals surface area contributed by atoms with Gasteiger partial charge in [-0.1, -0.05) is 42.5 Å².